The topological polar surface area (TPSA) is 98.7 Å². The SMILES string of the molecule is CCN(CC)C(=O)CCNC(=O)NC(CC)(CC)C(=O)O. The number of rotatable bonds is 9. The lowest BCUT2D eigenvalue weighted by molar-refractivity contribution is -0.144. The normalized spacial score (nSPS) is 10.9. The molecule has 0 aromatic heterocycles. The number of urea groups is 1. The van der Waals surface area contributed by atoms with Crippen molar-refractivity contribution in [3.8, 4) is 0 Å². The van der Waals surface area contributed by atoms with Crippen molar-refractivity contribution in [1.29, 1.82) is 0 Å². The van der Waals surface area contributed by atoms with Crippen LogP contribution in [0.5, 0.6) is 0 Å². The molecule has 0 radical (unpaired) electrons. The molecule has 21 heavy (non-hydrogen) atoms. The summed E-state index contributed by atoms with van der Waals surface area (Å²) in [5.41, 5.74) is -1.26. The molecule has 0 bridgehead atoms. The Kier molecular flexibility index (Phi) is 8.42. The molecule has 0 aliphatic rings. The molecular formula is C14H27N3O4. The molecule has 3 amide bonds. The Morgan fingerprint density at radius 2 is 1.57 bits per heavy atom. The van der Waals surface area contributed by atoms with Crippen LogP contribution in [0.1, 0.15) is 47.0 Å². The molecule has 0 atom stereocenters. The third-order valence-electron chi connectivity index (χ3n) is 3.71. The first-order chi connectivity index (χ1) is 9.86. The Hall–Kier alpha value is -1.79. The fourth-order valence-electron chi connectivity index (χ4n) is 2.06. The zero-order valence-corrected chi connectivity index (χ0v) is 13.4. The van der Waals surface area contributed by atoms with Gasteiger partial charge in [0.15, 0.2) is 0 Å². The molecule has 0 aliphatic heterocycles. The Morgan fingerprint density at radius 1 is 1.05 bits per heavy atom. The van der Waals surface area contributed by atoms with Crippen LogP contribution in [0, 0.1) is 0 Å². The van der Waals surface area contributed by atoms with Gasteiger partial charge in [-0.05, 0) is 26.7 Å². The second kappa shape index (κ2) is 9.20. The summed E-state index contributed by atoms with van der Waals surface area (Å²) >= 11 is 0. The van der Waals surface area contributed by atoms with E-state index in [1.54, 1.807) is 18.7 Å². The van der Waals surface area contributed by atoms with Crippen molar-refractivity contribution >= 4 is 17.9 Å². The molecule has 0 spiro atoms. The fourth-order valence-corrected chi connectivity index (χ4v) is 2.06. The first-order valence-electron chi connectivity index (χ1n) is 7.43. The van der Waals surface area contributed by atoms with E-state index in [0.717, 1.165) is 0 Å². The summed E-state index contributed by atoms with van der Waals surface area (Å²) in [5.74, 6) is -1.09. The molecule has 0 saturated heterocycles. The molecule has 0 heterocycles. The highest BCUT2D eigenvalue weighted by atomic mass is 16.4. The van der Waals surface area contributed by atoms with Crippen LogP contribution in [0.25, 0.3) is 0 Å². The molecular weight excluding hydrogens is 274 g/mol. The highest BCUT2D eigenvalue weighted by molar-refractivity contribution is 5.86. The zero-order chi connectivity index (χ0) is 16.5. The molecule has 0 fully saturated rings. The van der Waals surface area contributed by atoms with E-state index in [-0.39, 0.29) is 18.9 Å². The molecule has 3 N–H and O–H groups in total. The molecule has 0 aromatic carbocycles. The highest BCUT2D eigenvalue weighted by Gasteiger charge is 2.36. The van der Waals surface area contributed by atoms with E-state index in [1.807, 2.05) is 13.8 Å². The molecule has 0 rings (SSSR count). The standard InChI is InChI=1S/C14H27N3O4/c1-5-14(6-2,12(19)20)16-13(21)15-10-9-11(18)17(7-3)8-4/h5-10H2,1-4H3,(H,19,20)(H2,15,16,21). The number of carbonyl (C=O) groups excluding carboxylic acids is 2. The van der Waals surface area contributed by atoms with Gasteiger partial charge in [-0.15, -0.1) is 0 Å². The van der Waals surface area contributed by atoms with Crippen LogP contribution in [-0.2, 0) is 9.59 Å². The number of hydrogen-bond acceptors (Lipinski definition) is 3. The summed E-state index contributed by atoms with van der Waals surface area (Å²) in [6.45, 7) is 8.66. The summed E-state index contributed by atoms with van der Waals surface area (Å²) in [7, 11) is 0. The minimum Gasteiger partial charge on any atom is -0.480 e. The summed E-state index contributed by atoms with van der Waals surface area (Å²) in [6.07, 6.45) is 0.794. The second-order valence-electron chi connectivity index (χ2n) is 4.79. The van der Waals surface area contributed by atoms with Crippen molar-refractivity contribution in [3.63, 3.8) is 0 Å². The predicted octanol–water partition coefficient (Wildman–Crippen LogP) is 1.19. The number of nitrogens with one attached hydrogen (secondary N) is 2. The molecule has 0 saturated carbocycles. The summed E-state index contributed by atoms with van der Waals surface area (Å²) in [5, 5.41) is 14.2. The Morgan fingerprint density at radius 3 is 1.95 bits per heavy atom. The monoisotopic (exact) mass is 301 g/mol. The van der Waals surface area contributed by atoms with E-state index < -0.39 is 17.5 Å². The maximum Gasteiger partial charge on any atom is 0.329 e. The highest BCUT2D eigenvalue weighted by Crippen LogP contribution is 2.15. The van der Waals surface area contributed by atoms with Crippen LogP contribution in [0.15, 0.2) is 0 Å². The summed E-state index contributed by atoms with van der Waals surface area (Å²) < 4.78 is 0. The van der Waals surface area contributed by atoms with Gasteiger partial charge in [0.05, 0.1) is 0 Å². The van der Waals surface area contributed by atoms with Gasteiger partial charge in [-0.1, -0.05) is 13.8 Å². The van der Waals surface area contributed by atoms with E-state index in [4.69, 9.17) is 0 Å². The van der Waals surface area contributed by atoms with Crippen molar-refractivity contribution in [2.24, 2.45) is 0 Å². The van der Waals surface area contributed by atoms with Crippen molar-refractivity contribution in [1.82, 2.24) is 15.5 Å². The Bertz CT molecular complexity index is 363. The first-order valence-corrected chi connectivity index (χ1v) is 7.43. The van der Waals surface area contributed by atoms with E-state index in [0.29, 0.717) is 25.9 Å². The maximum atomic E-state index is 11.8. The van der Waals surface area contributed by atoms with Gasteiger partial charge in [0.2, 0.25) is 5.91 Å². The lowest BCUT2D eigenvalue weighted by Crippen LogP contribution is -2.56. The van der Waals surface area contributed by atoms with Crippen molar-refractivity contribution in [2.45, 2.75) is 52.5 Å². The van der Waals surface area contributed by atoms with Crippen molar-refractivity contribution in [2.75, 3.05) is 19.6 Å². The second-order valence-corrected chi connectivity index (χ2v) is 4.79. The minimum absolute atomic E-state index is 0.0317. The maximum absolute atomic E-state index is 11.8. The Labute approximate surface area is 126 Å². The molecule has 7 nitrogen and oxygen atoms in total. The fraction of sp³-hybridized carbons (Fsp3) is 0.786. The van der Waals surface area contributed by atoms with Crippen LogP contribution in [0.4, 0.5) is 4.79 Å². The van der Waals surface area contributed by atoms with Crippen LogP contribution in [0.2, 0.25) is 0 Å². The molecule has 0 aromatic rings. The van der Waals surface area contributed by atoms with Crippen LogP contribution in [0.3, 0.4) is 0 Å². The van der Waals surface area contributed by atoms with Crippen LogP contribution < -0.4 is 10.6 Å². The summed E-state index contributed by atoms with van der Waals surface area (Å²) in [6, 6.07) is -0.562. The smallest absolute Gasteiger partial charge is 0.329 e. The third kappa shape index (κ3) is 5.61. The molecule has 0 aliphatic carbocycles. The number of carbonyl (C=O) groups is 3. The van der Waals surface area contributed by atoms with Crippen molar-refractivity contribution < 1.29 is 19.5 Å². The lowest BCUT2D eigenvalue weighted by atomic mass is 9.93. The van der Waals surface area contributed by atoms with E-state index in [9.17, 15) is 19.5 Å². The third-order valence-corrected chi connectivity index (χ3v) is 3.71. The number of nitrogens with zero attached hydrogens (tertiary/aromatic N) is 1. The van der Waals surface area contributed by atoms with Gasteiger partial charge in [0, 0.05) is 26.1 Å². The van der Waals surface area contributed by atoms with Gasteiger partial charge in [-0.3, -0.25) is 4.79 Å². The number of hydrogen-bond donors (Lipinski definition) is 3. The largest absolute Gasteiger partial charge is 0.480 e. The number of carboxylic acids is 1. The molecule has 0 unspecified atom stereocenters. The Balaban J connectivity index is 4.33. The predicted molar refractivity (Wildman–Crippen MR) is 80.0 cm³/mol. The quantitative estimate of drug-likeness (QED) is 0.595. The van der Waals surface area contributed by atoms with Gasteiger partial charge < -0.3 is 20.6 Å². The van der Waals surface area contributed by atoms with Gasteiger partial charge >= 0.3 is 12.0 Å². The first kappa shape index (κ1) is 19.2. The van der Waals surface area contributed by atoms with Crippen molar-refractivity contribution in [3.05, 3.63) is 0 Å². The number of amides is 3. The zero-order valence-electron chi connectivity index (χ0n) is 13.4. The van der Waals surface area contributed by atoms with Gasteiger partial charge in [0.25, 0.3) is 0 Å². The average molecular weight is 301 g/mol. The minimum atomic E-state index is -1.26. The van der Waals surface area contributed by atoms with Gasteiger partial charge in [0.1, 0.15) is 5.54 Å². The average Bonchev–Trinajstić information content (AvgIpc) is 2.45. The van der Waals surface area contributed by atoms with Gasteiger partial charge in [-0.2, -0.15) is 0 Å². The number of carboxylic acid groups (broad SMARTS) is 1. The molecule has 7 heteroatoms. The number of aliphatic carboxylic acids is 1. The molecule has 122 valence electrons. The van der Waals surface area contributed by atoms with Crippen LogP contribution >= 0.6 is 0 Å². The van der Waals surface area contributed by atoms with E-state index in [1.165, 1.54) is 0 Å². The van der Waals surface area contributed by atoms with Gasteiger partial charge in [-0.25, -0.2) is 9.59 Å². The summed E-state index contributed by atoms with van der Waals surface area (Å²) in [4.78, 5) is 36.5. The van der Waals surface area contributed by atoms with Crippen LogP contribution in [-0.4, -0.2) is 53.1 Å². The lowest BCUT2D eigenvalue weighted by Gasteiger charge is -2.28. The van der Waals surface area contributed by atoms with E-state index in [2.05, 4.69) is 10.6 Å². The van der Waals surface area contributed by atoms with E-state index >= 15 is 0 Å².